The summed E-state index contributed by atoms with van der Waals surface area (Å²) in [6.45, 7) is 3.13. The summed E-state index contributed by atoms with van der Waals surface area (Å²) in [5.41, 5.74) is -0.165. The Kier molecular flexibility index (Phi) is 5.45. The Bertz CT molecular complexity index is 521. The van der Waals surface area contributed by atoms with Crippen LogP contribution in [-0.4, -0.2) is 48.9 Å². The number of nitrogens with one attached hydrogen (secondary N) is 2. The zero-order valence-electron chi connectivity index (χ0n) is 10.7. The zero-order valence-corrected chi connectivity index (χ0v) is 11.5. The van der Waals surface area contributed by atoms with Gasteiger partial charge >= 0.3 is 5.97 Å². The van der Waals surface area contributed by atoms with Crippen molar-refractivity contribution in [2.45, 2.75) is 31.3 Å². The van der Waals surface area contributed by atoms with Crippen molar-refractivity contribution in [2.75, 3.05) is 13.2 Å². The van der Waals surface area contributed by atoms with Crippen LogP contribution in [0.4, 0.5) is 0 Å². The van der Waals surface area contributed by atoms with E-state index in [0.717, 1.165) is 6.20 Å². The molecule has 1 rings (SSSR count). The Morgan fingerprint density at radius 1 is 1.58 bits per heavy atom. The molecule has 0 aromatic carbocycles. The molecule has 108 valence electrons. The number of H-pyrrole nitrogens is 1. The van der Waals surface area contributed by atoms with Crippen LogP contribution in [0.5, 0.6) is 0 Å². The molecule has 19 heavy (non-hydrogen) atoms. The summed E-state index contributed by atoms with van der Waals surface area (Å²) < 4.78 is 31.1. The molecule has 0 aliphatic carbocycles. The molecule has 0 bridgehead atoms. The van der Waals surface area contributed by atoms with Gasteiger partial charge in [-0.05, 0) is 13.3 Å². The number of sulfonamides is 1. The largest absolute Gasteiger partial charge is 0.462 e. The SMILES string of the molecule is CCOC(=O)c1cn[nH]c1S(=O)(=O)NC(CC)CO. The van der Waals surface area contributed by atoms with Crippen LogP contribution in [0, 0.1) is 0 Å². The van der Waals surface area contributed by atoms with Crippen molar-refractivity contribution in [3.05, 3.63) is 11.8 Å². The fourth-order valence-electron chi connectivity index (χ4n) is 1.36. The molecule has 0 aliphatic heterocycles. The van der Waals surface area contributed by atoms with Gasteiger partial charge in [0.25, 0.3) is 10.0 Å². The molecule has 3 N–H and O–H groups in total. The topological polar surface area (TPSA) is 121 Å². The number of ether oxygens (including phenoxy) is 1. The van der Waals surface area contributed by atoms with E-state index >= 15 is 0 Å². The molecule has 1 heterocycles. The van der Waals surface area contributed by atoms with Crippen LogP contribution in [0.15, 0.2) is 11.2 Å². The highest BCUT2D eigenvalue weighted by Crippen LogP contribution is 2.14. The molecule has 0 saturated carbocycles. The second-order valence-corrected chi connectivity index (χ2v) is 5.39. The summed E-state index contributed by atoms with van der Waals surface area (Å²) in [5.74, 6) is -0.770. The van der Waals surface area contributed by atoms with E-state index in [1.54, 1.807) is 13.8 Å². The number of esters is 1. The fraction of sp³-hybridized carbons (Fsp3) is 0.600. The van der Waals surface area contributed by atoms with Gasteiger partial charge in [0.15, 0.2) is 5.03 Å². The summed E-state index contributed by atoms with van der Waals surface area (Å²) in [6.07, 6.45) is 1.51. The van der Waals surface area contributed by atoms with E-state index in [1.165, 1.54) is 0 Å². The number of aliphatic hydroxyl groups is 1. The lowest BCUT2D eigenvalue weighted by molar-refractivity contribution is 0.0522. The number of aromatic nitrogens is 2. The van der Waals surface area contributed by atoms with E-state index in [0.29, 0.717) is 6.42 Å². The van der Waals surface area contributed by atoms with E-state index in [9.17, 15) is 13.2 Å². The average molecular weight is 291 g/mol. The lowest BCUT2D eigenvalue weighted by atomic mass is 10.3. The third kappa shape index (κ3) is 3.75. The number of carbonyl (C=O) groups excluding carboxylic acids is 1. The average Bonchev–Trinajstić information content (AvgIpc) is 2.86. The maximum absolute atomic E-state index is 12.0. The lowest BCUT2D eigenvalue weighted by Crippen LogP contribution is -2.37. The maximum Gasteiger partial charge on any atom is 0.342 e. The molecular weight excluding hydrogens is 274 g/mol. The summed E-state index contributed by atoms with van der Waals surface area (Å²) in [5, 5.41) is 14.4. The van der Waals surface area contributed by atoms with Crippen molar-refractivity contribution in [3.8, 4) is 0 Å². The second kappa shape index (κ2) is 6.64. The van der Waals surface area contributed by atoms with Crippen molar-refractivity contribution < 1.29 is 23.1 Å². The number of rotatable bonds is 7. The number of aromatic amines is 1. The van der Waals surface area contributed by atoms with Gasteiger partial charge in [-0.2, -0.15) is 5.10 Å². The number of nitrogens with zero attached hydrogens (tertiary/aromatic N) is 1. The van der Waals surface area contributed by atoms with E-state index in [1.807, 2.05) is 0 Å². The third-order valence-corrected chi connectivity index (χ3v) is 3.90. The highest BCUT2D eigenvalue weighted by atomic mass is 32.2. The van der Waals surface area contributed by atoms with Crippen LogP contribution in [0.1, 0.15) is 30.6 Å². The van der Waals surface area contributed by atoms with E-state index in [4.69, 9.17) is 9.84 Å². The molecule has 0 spiro atoms. The molecule has 0 radical (unpaired) electrons. The van der Waals surface area contributed by atoms with Crippen molar-refractivity contribution in [3.63, 3.8) is 0 Å². The molecule has 9 heteroatoms. The molecule has 0 fully saturated rings. The highest BCUT2D eigenvalue weighted by molar-refractivity contribution is 7.89. The Balaban J connectivity index is 3.02. The van der Waals surface area contributed by atoms with Gasteiger partial charge in [0.05, 0.1) is 19.4 Å². The molecule has 1 atom stereocenters. The zero-order chi connectivity index (χ0) is 14.5. The summed E-state index contributed by atoms with van der Waals surface area (Å²) in [4.78, 5) is 11.6. The van der Waals surface area contributed by atoms with Crippen molar-refractivity contribution in [2.24, 2.45) is 0 Å². The van der Waals surface area contributed by atoms with Crippen molar-refractivity contribution >= 4 is 16.0 Å². The van der Waals surface area contributed by atoms with E-state index in [-0.39, 0.29) is 23.8 Å². The normalized spacial score (nSPS) is 13.2. The second-order valence-electron chi connectivity index (χ2n) is 3.74. The predicted molar refractivity (Wildman–Crippen MR) is 66.0 cm³/mol. The first-order chi connectivity index (χ1) is 8.96. The molecule has 1 aromatic heterocycles. The quantitative estimate of drug-likeness (QED) is 0.590. The number of aliphatic hydroxyl groups excluding tert-OH is 1. The first-order valence-corrected chi connectivity index (χ1v) is 7.28. The van der Waals surface area contributed by atoms with Gasteiger partial charge in [-0.25, -0.2) is 17.9 Å². The van der Waals surface area contributed by atoms with Crippen LogP contribution < -0.4 is 4.72 Å². The van der Waals surface area contributed by atoms with Crippen LogP contribution in [-0.2, 0) is 14.8 Å². The fourth-order valence-corrected chi connectivity index (χ4v) is 2.76. The minimum absolute atomic E-state index is 0.130. The van der Waals surface area contributed by atoms with Gasteiger partial charge in [-0.3, -0.25) is 5.10 Å². The number of carbonyl (C=O) groups is 1. The van der Waals surface area contributed by atoms with Gasteiger partial charge in [0.2, 0.25) is 0 Å². The van der Waals surface area contributed by atoms with Gasteiger partial charge in [0, 0.05) is 6.04 Å². The molecular formula is C10H17N3O5S. The summed E-state index contributed by atoms with van der Waals surface area (Å²) in [7, 11) is -3.96. The van der Waals surface area contributed by atoms with Crippen molar-refractivity contribution in [1.82, 2.24) is 14.9 Å². The number of hydrogen-bond acceptors (Lipinski definition) is 6. The molecule has 0 amide bonds. The molecule has 8 nitrogen and oxygen atoms in total. The Hall–Kier alpha value is -1.45. The first-order valence-electron chi connectivity index (χ1n) is 5.79. The van der Waals surface area contributed by atoms with Crippen LogP contribution >= 0.6 is 0 Å². The molecule has 0 saturated heterocycles. The monoisotopic (exact) mass is 291 g/mol. The Morgan fingerprint density at radius 3 is 2.79 bits per heavy atom. The Labute approximate surface area is 111 Å². The van der Waals surface area contributed by atoms with Gasteiger partial charge < -0.3 is 9.84 Å². The summed E-state index contributed by atoms with van der Waals surface area (Å²) in [6, 6.07) is -0.622. The van der Waals surface area contributed by atoms with Crippen molar-refractivity contribution in [1.29, 1.82) is 0 Å². The van der Waals surface area contributed by atoms with Gasteiger partial charge in [-0.15, -0.1) is 0 Å². The highest BCUT2D eigenvalue weighted by Gasteiger charge is 2.27. The van der Waals surface area contributed by atoms with Crippen LogP contribution in [0.3, 0.4) is 0 Å². The first kappa shape index (κ1) is 15.6. The minimum atomic E-state index is -3.96. The van der Waals surface area contributed by atoms with Gasteiger partial charge in [0.1, 0.15) is 5.56 Å². The minimum Gasteiger partial charge on any atom is -0.462 e. The number of hydrogen-bond donors (Lipinski definition) is 3. The standard InChI is InChI=1S/C10H17N3O5S/c1-3-7(6-14)13-19(16,17)9-8(5-11-12-9)10(15)18-4-2/h5,7,13-14H,3-4,6H2,1-2H3,(H,11,12). The van der Waals surface area contributed by atoms with Gasteiger partial charge in [-0.1, -0.05) is 6.92 Å². The van der Waals surface area contributed by atoms with E-state index in [2.05, 4.69) is 14.9 Å². The third-order valence-electron chi connectivity index (χ3n) is 2.40. The van der Waals surface area contributed by atoms with Crippen LogP contribution in [0.25, 0.3) is 0 Å². The summed E-state index contributed by atoms with van der Waals surface area (Å²) >= 11 is 0. The van der Waals surface area contributed by atoms with E-state index < -0.39 is 22.0 Å². The lowest BCUT2D eigenvalue weighted by Gasteiger charge is -2.13. The maximum atomic E-state index is 12.0. The molecule has 0 aliphatic rings. The molecule has 1 aromatic rings. The Morgan fingerprint density at radius 2 is 2.26 bits per heavy atom. The smallest absolute Gasteiger partial charge is 0.342 e. The van der Waals surface area contributed by atoms with Crippen LogP contribution in [0.2, 0.25) is 0 Å². The molecule has 1 unspecified atom stereocenters. The predicted octanol–water partition coefficient (Wildman–Crippen LogP) is -0.364.